The summed E-state index contributed by atoms with van der Waals surface area (Å²) in [7, 11) is 1.97. The van der Waals surface area contributed by atoms with Gasteiger partial charge in [0.15, 0.2) is 0 Å². The van der Waals surface area contributed by atoms with E-state index in [4.69, 9.17) is 4.74 Å². The van der Waals surface area contributed by atoms with Crippen LogP contribution in [0.5, 0.6) is 0 Å². The lowest BCUT2D eigenvalue weighted by molar-refractivity contribution is 0.0525. The standard InChI is InChI=1S/C11H17NO2/c1-5-10-9(11(13)14-6-2)7-8(3)12(10)4/h7H,5-6H2,1-4H3. The Kier molecular flexibility index (Phi) is 3.33. The second kappa shape index (κ2) is 4.31. The maximum Gasteiger partial charge on any atom is 0.339 e. The number of nitrogens with zero attached hydrogens (tertiary/aromatic N) is 1. The Balaban J connectivity index is 3.08. The lowest BCUT2D eigenvalue weighted by Crippen LogP contribution is -2.08. The zero-order chi connectivity index (χ0) is 10.7. The third kappa shape index (κ3) is 1.81. The van der Waals surface area contributed by atoms with E-state index in [1.54, 1.807) is 0 Å². The first-order chi connectivity index (χ1) is 6.61. The van der Waals surface area contributed by atoms with Crippen molar-refractivity contribution in [2.45, 2.75) is 27.2 Å². The molecule has 0 radical (unpaired) electrons. The van der Waals surface area contributed by atoms with Crippen molar-refractivity contribution in [2.24, 2.45) is 7.05 Å². The van der Waals surface area contributed by atoms with E-state index in [2.05, 4.69) is 0 Å². The predicted molar refractivity (Wildman–Crippen MR) is 55.5 cm³/mol. The molecule has 0 aromatic carbocycles. The first-order valence-electron chi connectivity index (χ1n) is 4.94. The van der Waals surface area contributed by atoms with Crippen LogP contribution in [-0.4, -0.2) is 17.1 Å². The number of ether oxygens (including phenoxy) is 1. The summed E-state index contributed by atoms with van der Waals surface area (Å²) in [5, 5.41) is 0. The van der Waals surface area contributed by atoms with Crippen molar-refractivity contribution in [3.05, 3.63) is 23.0 Å². The molecule has 0 spiro atoms. The average Bonchev–Trinajstić information content (AvgIpc) is 2.44. The minimum Gasteiger partial charge on any atom is -0.462 e. The Labute approximate surface area is 84.7 Å². The molecule has 0 aliphatic carbocycles. The Bertz CT molecular complexity index is 339. The topological polar surface area (TPSA) is 31.2 Å². The second-order valence-electron chi connectivity index (χ2n) is 3.28. The van der Waals surface area contributed by atoms with Crippen LogP contribution in [0.3, 0.4) is 0 Å². The highest BCUT2D eigenvalue weighted by Crippen LogP contribution is 2.16. The van der Waals surface area contributed by atoms with Crippen molar-refractivity contribution in [3.63, 3.8) is 0 Å². The van der Waals surface area contributed by atoms with Crippen molar-refractivity contribution in [1.29, 1.82) is 0 Å². The Hall–Kier alpha value is -1.25. The molecule has 1 aromatic heterocycles. The van der Waals surface area contributed by atoms with Gasteiger partial charge in [0.05, 0.1) is 12.2 Å². The number of hydrogen-bond donors (Lipinski definition) is 0. The lowest BCUT2D eigenvalue weighted by Gasteiger charge is -2.04. The summed E-state index contributed by atoms with van der Waals surface area (Å²) in [6.07, 6.45) is 0.846. The molecule has 0 aliphatic rings. The molecule has 0 saturated carbocycles. The van der Waals surface area contributed by atoms with Crippen molar-refractivity contribution < 1.29 is 9.53 Å². The Morgan fingerprint density at radius 1 is 1.50 bits per heavy atom. The normalized spacial score (nSPS) is 10.3. The molecule has 3 nitrogen and oxygen atoms in total. The summed E-state index contributed by atoms with van der Waals surface area (Å²) in [6, 6.07) is 1.89. The van der Waals surface area contributed by atoms with Crippen LogP contribution < -0.4 is 0 Å². The van der Waals surface area contributed by atoms with E-state index in [9.17, 15) is 4.79 Å². The highest BCUT2D eigenvalue weighted by atomic mass is 16.5. The molecule has 0 fully saturated rings. The molecule has 3 heteroatoms. The highest BCUT2D eigenvalue weighted by Gasteiger charge is 2.16. The minimum atomic E-state index is -0.215. The first kappa shape index (κ1) is 10.8. The highest BCUT2D eigenvalue weighted by molar-refractivity contribution is 5.91. The van der Waals surface area contributed by atoms with Gasteiger partial charge in [-0.1, -0.05) is 6.92 Å². The monoisotopic (exact) mass is 195 g/mol. The maximum atomic E-state index is 11.6. The van der Waals surface area contributed by atoms with E-state index in [0.717, 1.165) is 17.8 Å². The fraction of sp³-hybridized carbons (Fsp3) is 0.545. The molecule has 14 heavy (non-hydrogen) atoms. The molecule has 1 heterocycles. The van der Waals surface area contributed by atoms with E-state index in [-0.39, 0.29) is 5.97 Å². The predicted octanol–water partition coefficient (Wildman–Crippen LogP) is 2.07. The van der Waals surface area contributed by atoms with Gasteiger partial charge in [0.2, 0.25) is 0 Å². The van der Waals surface area contributed by atoms with Gasteiger partial charge in [-0.15, -0.1) is 0 Å². The van der Waals surface area contributed by atoms with E-state index in [1.165, 1.54) is 0 Å². The molecular weight excluding hydrogens is 178 g/mol. The van der Waals surface area contributed by atoms with Gasteiger partial charge in [0.1, 0.15) is 0 Å². The third-order valence-electron chi connectivity index (χ3n) is 2.43. The SMILES string of the molecule is CCOC(=O)c1cc(C)n(C)c1CC. The van der Waals surface area contributed by atoms with Crippen molar-refractivity contribution in [2.75, 3.05) is 6.61 Å². The number of carbonyl (C=O) groups excluding carboxylic acids is 1. The zero-order valence-corrected chi connectivity index (χ0v) is 9.26. The molecule has 1 aromatic rings. The third-order valence-corrected chi connectivity index (χ3v) is 2.43. The van der Waals surface area contributed by atoms with Gasteiger partial charge in [-0.3, -0.25) is 0 Å². The Morgan fingerprint density at radius 3 is 2.64 bits per heavy atom. The largest absolute Gasteiger partial charge is 0.462 e. The van der Waals surface area contributed by atoms with Crippen LogP contribution in [0.4, 0.5) is 0 Å². The smallest absolute Gasteiger partial charge is 0.339 e. The van der Waals surface area contributed by atoms with Crippen LogP contribution >= 0.6 is 0 Å². The van der Waals surface area contributed by atoms with Crippen LogP contribution in [0.1, 0.15) is 35.6 Å². The van der Waals surface area contributed by atoms with Gasteiger partial charge in [-0.2, -0.15) is 0 Å². The van der Waals surface area contributed by atoms with Gasteiger partial charge >= 0.3 is 5.97 Å². The van der Waals surface area contributed by atoms with E-state index in [0.29, 0.717) is 12.2 Å². The average molecular weight is 195 g/mol. The van der Waals surface area contributed by atoms with Crippen LogP contribution in [0.25, 0.3) is 0 Å². The molecule has 0 atom stereocenters. The van der Waals surface area contributed by atoms with Gasteiger partial charge in [0, 0.05) is 18.4 Å². The Morgan fingerprint density at radius 2 is 2.14 bits per heavy atom. The van der Waals surface area contributed by atoms with E-state index in [1.807, 2.05) is 38.5 Å². The maximum absolute atomic E-state index is 11.6. The molecule has 0 saturated heterocycles. The second-order valence-corrected chi connectivity index (χ2v) is 3.28. The van der Waals surface area contributed by atoms with E-state index < -0.39 is 0 Å². The summed E-state index contributed by atoms with van der Waals surface area (Å²) >= 11 is 0. The minimum absolute atomic E-state index is 0.215. The number of aryl methyl sites for hydroxylation is 1. The van der Waals surface area contributed by atoms with Crippen molar-refractivity contribution in [3.8, 4) is 0 Å². The first-order valence-corrected chi connectivity index (χ1v) is 4.94. The van der Waals surface area contributed by atoms with Crippen LogP contribution in [0.2, 0.25) is 0 Å². The van der Waals surface area contributed by atoms with Crippen LogP contribution in [0, 0.1) is 6.92 Å². The number of aromatic nitrogens is 1. The molecule has 0 unspecified atom stereocenters. The summed E-state index contributed by atoms with van der Waals surface area (Å²) in [6.45, 7) is 6.27. The fourth-order valence-corrected chi connectivity index (χ4v) is 1.60. The van der Waals surface area contributed by atoms with E-state index >= 15 is 0 Å². The number of esters is 1. The van der Waals surface area contributed by atoms with Gasteiger partial charge < -0.3 is 9.30 Å². The molecule has 1 rings (SSSR count). The molecule has 0 amide bonds. The fourth-order valence-electron chi connectivity index (χ4n) is 1.60. The summed E-state index contributed by atoms with van der Waals surface area (Å²) in [4.78, 5) is 11.6. The molecule has 0 bridgehead atoms. The summed E-state index contributed by atoms with van der Waals surface area (Å²) in [5.74, 6) is -0.215. The van der Waals surface area contributed by atoms with Crippen molar-refractivity contribution in [1.82, 2.24) is 4.57 Å². The van der Waals surface area contributed by atoms with Gasteiger partial charge in [-0.25, -0.2) is 4.79 Å². The van der Waals surface area contributed by atoms with Crippen LogP contribution in [-0.2, 0) is 18.2 Å². The molecule has 0 N–H and O–H groups in total. The van der Waals surface area contributed by atoms with Gasteiger partial charge in [0.25, 0.3) is 0 Å². The zero-order valence-electron chi connectivity index (χ0n) is 9.26. The number of carbonyl (C=O) groups is 1. The van der Waals surface area contributed by atoms with Crippen molar-refractivity contribution >= 4 is 5.97 Å². The quantitative estimate of drug-likeness (QED) is 0.691. The van der Waals surface area contributed by atoms with Gasteiger partial charge in [-0.05, 0) is 26.3 Å². The molecular formula is C11H17NO2. The number of hydrogen-bond acceptors (Lipinski definition) is 2. The molecule has 0 aliphatic heterocycles. The summed E-state index contributed by atoms with van der Waals surface area (Å²) < 4.78 is 7.02. The molecule has 78 valence electrons. The van der Waals surface area contributed by atoms with Crippen LogP contribution in [0.15, 0.2) is 6.07 Å². The number of rotatable bonds is 3. The summed E-state index contributed by atoms with van der Waals surface area (Å²) in [5.41, 5.74) is 2.83. The lowest BCUT2D eigenvalue weighted by atomic mass is 10.2.